The standard InChI is InChI=1S/C14H21N3O3/c1-4-11-5-10(14(19)20)6-13(16-11)17(7-9(2)3)8-12(15)18/h5-6,9H,4,7-8H2,1-3H3,(H2,15,18)(H,19,20). The van der Waals surface area contributed by atoms with Crippen LogP contribution in [0.2, 0.25) is 0 Å². The van der Waals surface area contributed by atoms with Crippen molar-refractivity contribution in [2.75, 3.05) is 18.0 Å². The zero-order valence-corrected chi connectivity index (χ0v) is 12.1. The van der Waals surface area contributed by atoms with Crippen LogP contribution >= 0.6 is 0 Å². The molecule has 0 saturated carbocycles. The largest absolute Gasteiger partial charge is 0.478 e. The number of anilines is 1. The van der Waals surface area contributed by atoms with Gasteiger partial charge in [-0.15, -0.1) is 0 Å². The first-order valence-corrected chi connectivity index (χ1v) is 6.61. The number of hydrogen-bond donors (Lipinski definition) is 2. The average molecular weight is 279 g/mol. The van der Waals surface area contributed by atoms with Crippen LogP contribution in [-0.2, 0) is 11.2 Å². The molecule has 0 unspecified atom stereocenters. The molecule has 6 nitrogen and oxygen atoms in total. The van der Waals surface area contributed by atoms with Crippen molar-refractivity contribution in [2.45, 2.75) is 27.2 Å². The molecular weight excluding hydrogens is 258 g/mol. The summed E-state index contributed by atoms with van der Waals surface area (Å²) in [6.45, 7) is 6.53. The highest BCUT2D eigenvalue weighted by atomic mass is 16.4. The second-order valence-corrected chi connectivity index (χ2v) is 5.10. The molecule has 0 atom stereocenters. The van der Waals surface area contributed by atoms with Crippen LogP contribution < -0.4 is 10.6 Å². The van der Waals surface area contributed by atoms with Gasteiger partial charge in [-0.05, 0) is 24.5 Å². The van der Waals surface area contributed by atoms with E-state index in [4.69, 9.17) is 10.8 Å². The van der Waals surface area contributed by atoms with E-state index in [2.05, 4.69) is 4.98 Å². The SMILES string of the molecule is CCc1cc(C(=O)O)cc(N(CC(N)=O)CC(C)C)n1. The first kappa shape index (κ1) is 15.9. The van der Waals surface area contributed by atoms with Gasteiger partial charge in [0.1, 0.15) is 5.82 Å². The van der Waals surface area contributed by atoms with Crippen LogP contribution in [0.5, 0.6) is 0 Å². The number of carbonyl (C=O) groups excluding carboxylic acids is 1. The minimum atomic E-state index is -1.01. The number of rotatable bonds is 7. The monoisotopic (exact) mass is 279 g/mol. The number of hydrogen-bond acceptors (Lipinski definition) is 4. The first-order valence-electron chi connectivity index (χ1n) is 6.61. The van der Waals surface area contributed by atoms with Crippen LogP contribution in [0.15, 0.2) is 12.1 Å². The Labute approximate surface area is 118 Å². The maximum absolute atomic E-state index is 11.2. The van der Waals surface area contributed by atoms with E-state index in [1.165, 1.54) is 6.07 Å². The fourth-order valence-corrected chi connectivity index (χ4v) is 1.91. The molecule has 0 radical (unpaired) electrons. The number of pyridine rings is 1. The third-order valence-electron chi connectivity index (χ3n) is 2.73. The van der Waals surface area contributed by atoms with E-state index >= 15 is 0 Å². The maximum Gasteiger partial charge on any atom is 0.335 e. The Morgan fingerprint density at radius 2 is 2.05 bits per heavy atom. The van der Waals surface area contributed by atoms with Gasteiger partial charge in [0.15, 0.2) is 0 Å². The van der Waals surface area contributed by atoms with Crippen molar-refractivity contribution < 1.29 is 14.7 Å². The van der Waals surface area contributed by atoms with Crippen molar-refractivity contribution >= 4 is 17.7 Å². The molecule has 0 bridgehead atoms. The predicted molar refractivity (Wildman–Crippen MR) is 76.8 cm³/mol. The van der Waals surface area contributed by atoms with Gasteiger partial charge in [-0.3, -0.25) is 4.79 Å². The van der Waals surface area contributed by atoms with Crippen LogP contribution in [-0.4, -0.2) is 35.1 Å². The van der Waals surface area contributed by atoms with Crippen LogP contribution in [0.4, 0.5) is 5.82 Å². The van der Waals surface area contributed by atoms with Gasteiger partial charge in [0, 0.05) is 12.2 Å². The molecular formula is C14H21N3O3. The Morgan fingerprint density at radius 3 is 2.50 bits per heavy atom. The molecule has 0 fully saturated rings. The van der Waals surface area contributed by atoms with Gasteiger partial charge in [0.25, 0.3) is 0 Å². The number of carboxylic acid groups (broad SMARTS) is 1. The van der Waals surface area contributed by atoms with Crippen molar-refractivity contribution in [1.29, 1.82) is 0 Å². The van der Waals surface area contributed by atoms with E-state index in [1.54, 1.807) is 11.0 Å². The molecule has 0 spiro atoms. The van der Waals surface area contributed by atoms with Gasteiger partial charge in [-0.25, -0.2) is 9.78 Å². The number of aromatic carboxylic acids is 1. The number of aryl methyl sites for hydroxylation is 1. The molecule has 1 aromatic rings. The summed E-state index contributed by atoms with van der Waals surface area (Å²) < 4.78 is 0. The Morgan fingerprint density at radius 1 is 1.40 bits per heavy atom. The molecule has 0 aliphatic rings. The lowest BCUT2D eigenvalue weighted by Gasteiger charge is -2.25. The predicted octanol–water partition coefficient (Wildman–Crippen LogP) is 1.29. The highest BCUT2D eigenvalue weighted by Gasteiger charge is 2.16. The van der Waals surface area contributed by atoms with Crippen molar-refractivity contribution in [3.05, 3.63) is 23.4 Å². The maximum atomic E-state index is 11.2. The quantitative estimate of drug-likeness (QED) is 0.784. The molecule has 0 aliphatic carbocycles. The summed E-state index contributed by atoms with van der Waals surface area (Å²) in [7, 11) is 0. The van der Waals surface area contributed by atoms with Crippen LogP contribution in [0.25, 0.3) is 0 Å². The van der Waals surface area contributed by atoms with Gasteiger partial charge < -0.3 is 15.7 Å². The number of carbonyl (C=O) groups is 2. The highest BCUT2D eigenvalue weighted by Crippen LogP contribution is 2.17. The van der Waals surface area contributed by atoms with Crippen molar-refractivity contribution in [3.8, 4) is 0 Å². The van der Waals surface area contributed by atoms with E-state index in [9.17, 15) is 9.59 Å². The van der Waals surface area contributed by atoms with E-state index in [1.807, 2.05) is 20.8 Å². The fourth-order valence-electron chi connectivity index (χ4n) is 1.91. The summed E-state index contributed by atoms with van der Waals surface area (Å²) in [4.78, 5) is 28.4. The molecule has 20 heavy (non-hydrogen) atoms. The van der Waals surface area contributed by atoms with Crippen molar-refractivity contribution in [3.63, 3.8) is 0 Å². The van der Waals surface area contributed by atoms with Crippen molar-refractivity contribution in [1.82, 2.24) is 4.98 Å². The minimum absolute atomic E-state index is 0.0252. The van der Waals surface area contributed by atoms with Gasteiger partial charge in [0.2, 0.25) is 5.91 Å². The number of primary amides is 1. The zero-order chi connectivity index (χ0) is 15.3. The molecule has 0 aromatic carbocycles. The Bertz CT molecular complexity index is 500. The number of nitrogens with two attached hydrogens (primary N) is 1. The number of amides is 1. The average Bonchev–Trinajstić information content (AvgIpc) is 2.36. The minimum Gasteiger partial charge on any atom is -0.478 e. The van der Waals surface area contributed by atoms with Gasteiger partial charge >= 0.3 is 5.97 Å². The molecule has 1 heterocycles. The summed E-state index contributed by atoms with van der Waals surface area (Å²) in [5, 5.41) is 9.14. The van der Waals surface area contributed by atoms with Crippen molar-refractivity contribution in [2.24, 2.45) is 11.7 Å². The smallest absolute Gasteiger partial charge is 0.335 e. The molecule has 0 aliphatic heterocycles. The number of carboxylic acids is 1. The molecule has 0 saturated heterocycles. The normalized spacial score (nSPS) is 10.6. The van der Waals surface area contributed by atoms with E-state index in [0.717, 1.165) is 0 Å². The summed E-state index contributed by atoms with van der Waals surface area (Å²) in [6.07, 6.45) is 0.625. The Hall–Kier alpha value is -2.11. The van der Waals surface area contributed by atoms with E-state index in [-0.39, 0.29) is 12.1 Å². The zero-order valence-electron chi connectivity index (χ0n) is 12.1. The Balaban J connectivity index is 3.19. The van der Waals surface area contributed by atoms with Gasteiger partial charge in [-0.2, -0.15) is 0 Å². The van der Waals surface area contributed by atoms with Crippen LogP contribution in [0, 0.1) is 5.92 Å². The second kappa shape index (κ2) is 6.88. The van der Waals surface area contributed by atoms with E-state index in [0.29, 0.717) is 30.4 Å². The van der Waals surface area contributed by atoms with Gasteiger partial charge in [0.05, 0.1) is 12.1 Å². The lowest BCUT2D eigenvalue weighted by Crippen LogP contribution is -2.37. The molecule has 1 rings (SSSR count). The third kappa shape index (κ3) is 4.53. The first-order chi connectivity index (χ1) is 9.33. The Kier molecular flexibility index (Phi) is 5.49. The van der Waals surface area contributed by atoms with Crippen LogP contribution in [0.3, 0.4) is 0 Å². The topological polar surface area (TPSA) is 96.5 Å². The van der Waals surface area contributed by atoms with E-state index < -0.39 is 11.9 Å². The molecule has 3 N–H and O–H groups in total. The molecule has 6 heteroatoms. The van der Waals surface area contributed by atoms with Crippen LogP contribution in [0.1, 0.15) is 36.8 Å². The summed E-state index contributed by atoms with van der Waals surface area (Å²) >= 11 is 0. The lowest BCUT2D eigenvalue weighted by atomic mass is 10.1. The summed E-state index contributed by atoms with van der Waals surface area (Å²) in [5.41, 5.74) is 6.10. The molecule has 110 valence electrons. The van der Waals surface area contributed by atoms with Gasteiger partial charge in [-0.1, -0.05) is 20.8 Å². The summed E-state index contributed by atoms with van der Waals surface area (Å²) in [5.74, 6) is -0.692. The molecule has 1 amide bonds. The number of nitrogens with zero attached hydrogens (tertiary/aromatic N) is 2. The molecule has 1 aromatic heterocycles. The summed E-state index contributed by atoms with van der Waals surface area (Å²) in [6, 6.07) is 3.02. The highest BCUT2D eigenvalue weighted by molar-refractivity contribution is 5.89. The number of aromatic nitrogens is 1. The fraction of sp³-hybridized carbons (Fsp3) is 0.500. The lowest BCUT2D eigenvalue weighted by molar-refractivity contribution is -0.116. The second-order valence-electron chi connectivity index (χ2n) is 5.10. The third-order valence-corrected chi connectivity index (χ3v) is 2.73.